The maximum Gasteiger partial charge on any atom is 0.257 e. The molecule has 1 N–H and O–H groups in total. The van der Waals surface area contributed by atoms with Crippen molar-refractivity contribution in [1.29, 1.82) is 0 Å². The van der Waals surface area contributed by atoms with Gasteiger partial charge in [0.15, 0.2) is 0 Å². The van der Waals surface area contributed by atoms with Crippen LogP contribution in [0.15, 0.2) is 79.1 Å². The average Bonchev–Trinajstić information content (AvgIpc) is 3.15. The number of methoxy groups -OCH3 is 1. The number of carbonyl (C=O) groups is 1. The molecule has 2 aromatic heterocycles. The van der Waals surface area contributed by atoms with E-state index in [0.29, 0.717) is 37.7 Å². The van der Waals surface area contributed by atoms with Crippen LogP contribution in [-0.2, 0) is 11.2 Å². The zero-order chi connectivity index (χ0) is 24.0. The summed E-state index contributed by atoms with van der Waals surface area (Å²) in [7, 11) is 1.63. The summed E-state index contributed by atoms with van der Waals surface area (Å²) in [6.07, 6.45) is 4.30. The molecule has 0 unspecified atom stereocenters. The third-order valence-electron chi connectivity index (χ3n) is 6.24. The van der Waals surface area contributed by atoms with E-state index < -0.39 is 0 Å². The molecule has 7 nitrogen and oxygen atoms in total. The first-order valence-corrected chi connectivity index (χ1v) is 11.8. The molecule has 4 aromatic rings. The summed E-state index contributed by atoms with van der Waals surface area (Å²) in [5, 5.41) is 4.40. The number of aromatic nitrogens is 2. The molecule has 2 aromatic carbocycles. The number of benzene rings is 2. The highest BCUT2D eigenvalue weighted by Crippen LogP contribution is 2.25. The molecular formula is C28H28N4O3. The van der Waals surface area contributed by atoms with Crippen molar-refractivity contribution in [3.8, 4) is 5.75 Å². The highest BCUT2D eigenvalue weighted by Gasteiger charge is 2.26. The fourth-order valence-electron chi connectivity index (χ4n) is 4.49. The van der Waals surface area contributed by atoms with Crippen LogP contribution in [-0.4, -0.2) is 54.2 Å². The van der Waals surface area contributed by atoms with E-state index in [1.807, 2.05) is 47.5 Å². The number of anilines is 2. The van der Waals surface area contributed by atoms with Crippen LogP contribution >= 0.6 is 0 Å². The molecule has 1 aliphatic rings. The summed E-state index contributed by atoms with van der Waals surface area (Å²) in [6.45, 7) is 2.27. The van der Waals surface area contributed by atoms with Gasteiger partial charge in [-0.25, -0.2) is 4.98 Å². The van der Waals surface area contributed by atoms with Crippen LogP contribution < -0.4 is 10.1 Å². The van der Waals surface area contributed by atoms with E-state index in [-0.39, 0.29) is 11.8 Å². The number of ether oxygens (including phenoxy) is 2. The number of para-hydroxylation sites is 1. The molecule has 35 heavy (non-hydrogen) atoms. The summed E-state index contributed by atoms with van der Waals surface area (Å²) in [5.41, 5.74) is 3.56. The molecule has 0 radical (unpaired) electrons. The number of fused-ring (bicyclic) bond motifs is 1. The number of rotatable bonds is 6. The Kier molecular flexibility index (Phi) is 6.86. The predicted octanol–water partition coefficient (Wildman–Crippen LogP) is 4.71. The lowest BCUT2D eigenvalue weighted by Crippen LogP contribution is -2.36. The Bertz CT molecular complexity index is 1300. The molecule has 1 atom stereocenters. The molecule has 1 saturated heterocycles. The number of amides is 1. The molecule has 5 rings (SSSR count). The molecule has 3 heterocycles. The van der Waals surface area contributed by atoms with Crippen LogP contribution in [0.4, 0.5) is 11.5 Å². The second kappa shape index (κ2) is 10.5. The van der Waals surface area contributed by atoms with Crippen LogP contribution in [0, 0.1) is 5.92 Å². The van der Waals surface area contributed by atoms with E-state index in [4.69, 9.17) is 9.47 Å². The Morgan fingerprint density at radius 1 is 1.06 bits per heavy atom. The Hall–Kier alpha value is -3.97. The maximum absolute atomic E-state index is 13.6. The fourth-order valence-corrected chi connectivity index (χ4v) is 4.49. The van der Waals surface area contributed by atoms with Crippen molar-refractivity contribution in [2.24, 2.45) is 5.92 Å². The fraction of sp³-hybridized carbons (Fsp3) is 0.250. The number of nitrogens with one attached hydrogen (secondary N) is 1. The van der Waals surface area contributed by atoms with Gasteiger partial charge in [0.05, 0.1) is 31.4 Å². The SMILES string of the molecule is COc1ccc(Nc2ncccc2C(=O)N2CCOC[C@@H](Cc3cccc4cccnc34)C2)cc1. The quantitative estimate of drug-likeness (QED) is 0.442. The molecule has 0 aliphatic carbocycles. The molecule has 1 aliphatic heterocycles. The third-order valence-corrected chi connectivity index (χ3v) is 6.24. The van der Waals surface area contributed by atoms with Gasteiger partial charge >= 0.3 is 0 Å². The van der Waals surface area contributed by atoms with Crippen molar-refractivity contribution in [1.82, 2.24) is 14.9 Å². The topological polar surface area (TPSA) is 76.6 Å². The first kappa shape index (κ1) is 22.8. The number of carbonyl (C=O) groups excluding carboxylic acids is 1. The number of hydrogen-bond acceptors (Lipinski definition) is 6. The lowest BCUT2D eigenvalue weighted by atomic mass is 9.97. The maximum atomic E-state index is 13.6. The summed E-state index contributed by atoms with van der Waals surface area (Å²) < 4.78 is 11.1. The lowest BCUT2D eigenvalue weighted by molar-refractivity contribution is 0.0738. The standard InChI is InChI=1S/C28H28N4O3/c1-34-24-11-9-23(10-12-24)31-27-25(8-4-14-30-27)28(33)32-15-16-35-19-20(18-32)17-22-6-2-5-21-7-3-13-29-26(21)22/h2-14,20H,15-19H2,1H3,(H,30,31)/t20-/m0/s1. The predicted molar refractivity (Wildman–Crippen MR) is 136 cm³/mol. The molecule has 1 fully saturated rings. The van der Waals surface area contributed by atoms with Crippen LogP contribution in [0.2, 0.25) is 0 Å². The van der Waals surface area contributed by atoms with Gasteiger partial charge < -0.3 is 19.7 Å². The van der Waals surface area contributed by atoms with Gasteiger partial charge in [0, 0.05) is 42.5 Å². The van der Waals surface area contributed by atoms with Gasteiger partial charge in [-0.05, 0) is 54.4 Å². The summed E-state index contributed by atoms with van der Waals surface area (Å²) >= 11 is 0. The largest absolute Gasteiger partial charge is 0.497 e. The smallest absolute Gasteiger partial charge is 0.257 e. The molecule has 1 amide bonds. The van der Waals surface area contributed by atoms with Gasteiger partial charge in [-0.2, -0.15) is 0 Å². The van der Waals surface area contributed by atoms with Crippen molar-refractivity contribution < 1.29 is 14.3 Å². The third kappa shape index (κ3) is 5.25. The van der Waals surface area contributed by atoms with Crippen LogP contribution in [0.5, 0.6) is 5.75 Å². The van der Waals surface area contributed by atoms with Gasteiger partial charge in [0.2, 0.25) is 0 Å². The van der Waals surface area contributed by atoms with Crippen molar-refractivity contribution in [2.45, 2.75) is 6.42 Å². The van der Waals surface area contributed by atoms with Crippen LogP contribution in [0.3, 0.4) is 0 Å². The van der Waals surface area contributed by atoms with Gasteiger partial charge in [0.1, 0.15) is 11.6 Å². The number of nitrogens with zero attached hydrogens (tertiary/aromatic N) is 3. The van der Waals surface area contributed by atoms with Crippen molar-refractivity contribution in [3.63, 3.8) is 0 Å². The highest BCUT2D eigenvalue weighted by molar-refractivity contribution is 5.99. The summed E-state index contributed by atoms with van der Waals surface area (Å²) in [6, 6.07) is 21.4. The van der Waals surface area contributed by atoms with Crippen molar-refractivity contribution in [2.75, 3.05) is 38.7 Å². The minimum absolute atomic E-state index is 0.0549. The normalized spacial score (nSPS) is 16.0. The molecular weight excluding hydrogens is 440 g/mol. The second-order valence-corrected chi connectivity index (χ2v) is 8.64. The minimum atomic E-state index is -0.0549. The molecule has 178 valence electrons. The van der Waals surface area contributed by atoms with Gasteiger partial charge in [0.25, 0.3) is 5.91 Å². The molecule has 0 bridgehead atoms. The highest BCUT2D eigenvalue weighted by atomic mass is 16.5. The Labute approximate surface area is 204 Å². The monoisotopic (exact) mass is 468 g/mol. The molecule has 7 heteroatoms. The summed E-state index contributed by atoms with van der Waals surface area (Å²) in [5.74, 6) is 1.41. The Morgan fingerprint density at radius 2 is 1.86 bits per heavy atom. The molecule has 0 saturated carbocycles. The van der Waals surface area contributed by atoms with Crippen molar-refractivity contribution >= 4 is 28.3 Å². The van der Waals surface area contributed by atoms with E-state index in [9.17, 15) is 4.79 Å². The second-order valence-electron chi connectivity index (χ2n) is 8.64. The first-order chi connectivity index (χ1) is 17.2. The first-order valence-electron chi connectivity index (χ1n) is 11.8. The van der Waals surface area contributed by atoms with E-state index in [1.54, 1.807) is 19.4 Å². The number of hydrogen-bond donors (Lipinski definition) is 1. The lowest BCUT2D eigenvalue weighted by Gasteiger charge is -2.25. The van der Waals surface area contributed by atoms with E-state index in [1.165, 1.54) is 5.56 Å². The zero-order valence-corrected chi connectivity index (χ0v) is 19.7. The zero-order valence-electron chi connectivity index (χ0n) is 19.7. The van der Waals surface area contributed by atoms with Gasteiger partial charge in [-0.15, -0.1) is 0 Å². The van der Waals surface area contributed by atoms with Crippen LogP contribution in [0.25, 0.3) is 10.9 Å². The number of pyridine rings is 2. The van der Waals surface area contributed by atoms with Gasteiger partial charge in [-0.1, -0.05) is 24.3 Å². The van der Waals surface area contributed by atoms with E-state index >= 15 is 0 Å². The average molecular weight is 469 g/mol. The van der Waals surface area contributed by atoms with Crippen LogP contribution in [0.1, 0.15) is 15.9 Å². The van der Waals surface area contributed by atoms with E-state index in [0.717, 1.165) is 28.8 Å². The molecule has 0 spiro atoms. The Morgan fingerprint density at radius 3 is 2.71 bits per heavy atom. The Balaban J connectivity index is 1.34. The van der Waals surface area contributed by atoms with Crippen molar-refractivity contribution in [3.05, 3.63) is 90.3 Å². The van der Waals surface area contributed by atoms with Gasteiger partial charge in [-0.3, -0.25) is 9.78 Å². The summed E-state index contributed by atoms with van der Waals surface area (Å²) in [4.78, 5) is 24.5. The van der Waals surface area contributed by atoms with E-state index in [2.05, 4.69) is 39.6 Å². The minimum Gasteiger partial charge on any atom is -0.497 e.